The zero-order valence-corrected chi connectivity index (χ0v) is 11.3. The van der Waals surface area contributed by atoms with Gasteiger partial charge in [0.05, 0.1) is 11.4 Å². The van der Waals surface area contributed by atoms with Gasteiger partial charge in [-0.15, -0.1) is 0 Å². The predicted molar refractivity (Wildman–Crippen MR) is 77.7 cm³/mol. The van der Waals surface area contributed by atoms with Gasteiger partial charge in [-0.25, -0.2) is 0 Å². The number of nitrogens with two attached hydrogens (primary N) is 1. The van der Waals surface area contributed by atoms with E-state index < -0.39 is 0 Å². The van der Waals surface area contributed by atoms with E-state index >= 15 is 0 Å². The molecule has 2 rings (SSSR count). The molecular weight excluding hydrogens is 276 g/mol. The van der Waals surface area contributed by atoms with Crippen LogP contribution in [0.1, 0.15) is 12.5 Å². The van der Waals surface area contributed by atoms with Crippen LogP contribution in [-0.4, -0.2) is 0 Å². The van der Waals surface area contributed by atoms with E-state index in [1.807, 2.05) is 18.2 Å². The summed E-state index contributed by atoms with van der Waals surface area (Å²) in [7, 11) is 0. The average Bonchev–Trinajstić information content (AvgIpc) is 2.35. The van der Waals surface area contributed by atoms with E-state index in [4.69, 9.17) is 5.73 Å². The van der Waals surface area contributed by atoms with Crippen molar-refractivity contribution in [1.29, 1.82) is 0 Å². The third-order valence-electron chi connectivity index (χ3n) is 2.66. The van der Waals surface area contributed by atoms with E-state index in [1.165, 1.54) is 5.56 Å². The van der Waals surface area contributed by atoms with Gasteiger partial charge in [0.25, 0.3) is 0 Å². The van der Waals surface area contributed by atoms with E-state index in [2.05, 4.69) is 52.4 Å². The molecule has 0 radical (unpaired) electrons. The first-order valence-corrected chi connectivity index (χ1v) is 6.39. The van der Waals surface area contributed by atoms with Crippen molar-refractivity contribution in [1.82, 2.24) is 0 Å². The Balaban J connectivity index is 2.22. The van der Waals surface area contributed by atoms with Crippen LogP contribution in [0.5, 0.6) is 0 Å². The highest BCUT2D eigenvalue weighted by atomic mass is 79.9. The van der Waals surface area contributed by atoms with Crippen LogP contribution >= 0.6 is 15.9 Å². The van der Waals surface area contributed by atoms with E-state index in [1.54, 1.807) is 0 Å². The quantitative estimate of drug-likeness (QED) is 0.826. The minimum Gasteiger partial charge on any atom is -0.397 e. The molecule has 0 aliphatic carbocycles. The van der Waals surface area contributed by atoms with Crippen molar-refractivity contribution < 1.29 is 0 Å². The maximum atomic E-state index is 5.91. The zero-order valence-electron chi connectivity index (χ0n) is 9.70. The Morgan fingerprint density at radius 3 is 2.47 bits per heavy atom. The van der Waals surface area contributed by atoms with Crippen LogP contribution in [0.15, 0.2) is 46.9 Å². The van der Waals surface area contributed by atoms with Crippen molar-refractivity contribution in [3.8, 4) is 0 Å². The van der Waals surface area contributed by atoms with Crippen LogP contribution in [0.2, 0.25) is 0 Å². The second-order valence-electron chi connectivity index (χ2n) is 3.91. The smallest absolute Gasteiger partial charge is 0.0629 e. The van der Waals surface area contributed by atoms with Gasteiger partial charge in [0, 0.05) is 10.2 Å². The molecule has 0 aromatic heterocycles. The zero-order chi connectivity index (χ0) is 12.3. The first kappa shape index (κ1) is 12.0. The molecule has 0 saturated carbocycles. The summed E-state index contributed by atoms with van der Waals surface area (Å²) in [4.78, 5) is 0. The summed E-state index contributed by atoms with van der Waals surface area (Å²) in [5.74, 6) is 0. The summed E-state index contributed by atoms with van der Waals surface area (Å²) in [6.07, 6.45) is 1.05. The Hall–Kier alpha value is -1.48. The molecule has 88 valence electrons. The van der Waals surface area contributed by atoms with Gasteiger partial charge in [-0.2, -0.15) is 0 Å². The molecule has 0 fully saturated rings. The number of hydrogen-bond donors (Lipinski definition) is 2. The molecule has 17 heavy (non-hydrogen) atoms. The number of halogens is 1. The van der Waals surface area contributed by atoms with Crippen LogP contribution in [-0.2, 0) is 6.42 Å². The summed E-state index contributed by atoms with van der Waals surface area (Å²) < 4.78 is 1.01. The van der Waals surface area contributed by atoms with Crippen LogP contribution in [0.3, 0.4) is 0 Å². The van der Waals surface area contributed by atoms with Crippen molar-refractivity contribution in [3.63, 3.8) is 0 Å². The molecule has 3 heteroatoms. The molecule has 0 heterocycles. The Morgan fingerprint density at radius 2 is 1.82 bits per heavy atom. The SMILES string of the molecule is CCc1ccc(Nc2cc(Br)ccc2N)cc1. The average molecular weight is 291 g/mol. The Bertz CT molecular complexity index is 506. The molecule has 0 aliphatic heterocycles. The Morgan fingerprint density at radius 1 is 1.12 bits per heavy atom. The largest absolute Gasteiger partial charge is 0.397 e. The highest BCUT2D eigenvalue weighted by molar-refractivity contribution is 9.10. The van der Waals surface area contributed by atoms with Crippen LogP contribution in [0, 0.1) is 0 Å². The predicted octanol–water partition coefficient (Wildman–Crippen LogP) is 4.34. The van der Waals surface area contributed by atoms with Crippen molar-refractivity contribution in [2.24, 2.45) is 0 Å². The van der Waals surface area contributed by atoms with E-state index in [-0.39, 0.29) is 0 Å². The van der Waals surface area contributed by atoms with Crippen molar-refractivity contribution in [2.45, 2.75) is 13.3 Å². The van der Waals surface area contributed by atoms with Gasteiger partial charge >= 0.3 is 0 Å². The van der Waals surface area contributed by atoms with Gasteiger partial charge in [-0.1, -0.05) is 35.0 Å². The number of benzene rings is 2. The maximum absolute atomic E-state index is 5.91. The van der Waals surface area contributed by atoms with Gasteiger partial charge < -0.3 is 11.1 Å². The number of aryl methyl sites for hydroxylation is 1. The fourth-order valence-corrected chi connectivity index (χ4v) is 1.98. The first-order valence-electron chi connectivity index (χ1n) is 5.60. The van der Waals surface area contributed by atoms with E-state index in [9.17, 15) is 0 Å². The summed E-state index contributed by atoms with van der Waals surface area (Å²) >= 11 is 3.44. The molecule has 0 amide bonds. The van der Waals surface area contributed by atoms with Crippen molar-refractivity contribution in [3.05, 3.63) is 52.5 Å². The fourth-order valence-electron chi connectivity index (χ4n) is 1.62. The van der Waals surface area contributed by atoms with Crippen molar-refractivity contribution in [2.75, 3.05) is 11.1 Å². The molecule has 0 saturated heterocycles. The number of hydrogen-bond acceptors (Lipinski definition) is 2. The minimum atomic E-state index is 0.743. The maximum Gasteiger partial charge on any atom is 0.0629 e. The second kappa shape index (κ2) is 5.23. The lowest BCUT2D eigenvalue weighted by molar-refractivity contribution is 1.14. The van der Waals surface area contributed by atoms with Crippen LogP contribution in [0.25, 0.3) is 0 Å². The molecule has 2 aromatic rings. The number of rotatable bonds is 3. The summed E-state index contributed by atoms with van der Waals surface area (Å²) in [5, 5.41) is 3.31. The molecule has 0 aliphatic rings. The highest BCUT2D eigenvalue weighted by Crippen LogP contribution is 2.26. The monoisotopic (exact) mass is 290 g/mol. The molecule has 2 aromatic carbocycles. The molecular formula is C14H15BrN2. The Labute approximate surface area is 110 Å². The molecule has 0 atom stereocenters. The lowest BCUT2D eigenvalue weighted by atomic mass is 10.1. The van der Waals surface area contributed by atoms with Gasteiger partial charge in [0.1, 0.15) is 0 Å². The third-order valence-corrected chi connectivity index (χ3v) is 3.15. The number of nitrogens with one attached hydrogen (secondary N) is 1. The van der Waals surface area contributed by atoms with Crippen LogP contribution in [0.4, 0.5) is 17.1 Å². The minimum absolute atomic E-state index is 0.743. The molecule has 2 nitrogen and oxygen atoms in total. The summed E-state index contributed by atoms with van der Waals surface area (Å²) in [6.45, 7) is 2.15. The standard InChI is InChI=1S/C14H15BrN2/c1-2-10-3-6-12(7-4-10)17-14-9-11(15)5-8-13(14)16/h3-9,17H,2,16H2,1H3. The van der Waals surface area contributed by atoms with Gasteiger partial charge in [0.15, 0.2) is 0 Å². The molecule has 0 spiro atoms. The third kappa shape index (κ3) is 3.01. The summed E-state index contributed by atoms with van der Waals surface area (Å²) in [6, 6.07) is 14.2. The normalized spacial score (nSPS) is 10.2. The molecule has 3 N–H and O–H groups in total. The lowest BCUT2D eigenvalue weighted by Crippen LogP contribution is -1.96. The first-order chi connectivity index (χ1) is 8.19. The second-order valence-corrected chi connectivity index (χ2v) is 4.82. The van der Waals surface area contributed by atoms with Gasteiger partial charge in [0.2, 0.25) is 0 Å². The topological polar surface area (TPSA) is 38.0 Å². The fraction of sp³-hybridized carbons (Fsp3) is 0.143. The van der Waals surface area contributed by atoms with Crippen molar-refractivity contribution >= 4 is 33.0 Å². The van der Waals surface area contributed by atoms with E-state index in [0.29, 0.717) is 0 Å². The Kier molecular flexibility index (Phi) is 3.69. The lowest BCUT2D eigenvalue weighted by Gasteiger charge is -2.10. The van der Waals surface area contributed by atoms with Gasteiger partial charge in [-0.05, 0) is 42.3 Å². The summed E-state index contributed by atoms with van der Waals surface area (Å²) in [5.41, 5.74) is 9.95. The van der Waals surface area contributed by atoms with Crippen LogP contribution < -0.4 is 11.1 Å². The molecule has 0 bridgehead atoms. The number of anilines is 3. The number of nitrogen functional groups attached to an aromatic ring is 1. The highest BCUT2D eigenvalue weighted by Gasteiger charge is 2.00. The van der Waals surface area contributed by atoms with E-state index in [0.717, 1.165) is 28.0 Å². The van der Waals surface area contributed by atoms with Gasteiger partial charge in [-0.3, -0.25) is 0 Å². The molecule has 0 unspecified atom stereocenters.